The van der Waals surface area contributed by atoms with Gasteiger partial charge in [0.05, 0.1) is 6.61 Å². The lowest BCUT2D eigenvalue weighted by atomic mass is 10.2. The van der Waals surface area contributed by atoms with Gasteiger partial charge in [-0.05, 0) is 28.9 Å². The lowest BCUT2D eigenvalue weighted by Crippen LogP contribution is -2.20. The fourth-order valence-corrected chi connectivity index (χ4v) is 2.29. The largest absolute Gasteiger partial charge is 0.462 e. The van der Waals surface area contributed by atoms with Crippen LogP contribution in [0.25, 0.3) is 0 Å². The molecule has 4 nitrogen and oxygen atoms in total. The summed E-state index contributed by atoms with van der Waals surface area (Å²) in [5.74, 6) is -0.611. The van der Waals surface area contributed by atoms with Crippen molar-refractivity contribution in [3.8, 4) is 0 Å². The van der Waals surface area contributed by atoms with Crippen molar-refractivity contribution in [1.29, 1.82) is 0 Å². The average Bonchev–Trinajstić information content (AvgIpc) is 2.21. The van der Waals surface area contributed by atoms with Crippen LogP contribution in [-0.2, 0) is 10.1 Å². The number of aromatic nitrogens is 1. The van der Waals surface area contributed by atoms with Crippen molar-refractivity contribution < 1.29 is 9.53 Å². The van der Waals surface area contributed by atoms with E-state index in [-0.39, 0.29) is 12.2 Å². The third-order valence-electron chi connectivity index (χ3n) is 1.70. The maximum absolute atomic E-state index is 11.5. The lowest BCUT2D eigenvalue weighted by molar-refractivity contribution is 0.0524. The molecule has 0 radical (unpaired) electrons. The number of hydrogen-bond acceptors (Lipinski definition) is 3. The monoisotopic (exact) mass is 337 g/mol. The number of nitrogens with one attached hydrogen (secondary N) is 1. The van der Waals surface area contributed by atoms with E-state index in [1.807, 2.05) is 0 Å². The molecule has 1 aromatic rings. The normalized spacial score (nSPS) is 10.1. The van der Waals surface area contributed by atoms with E-state index >= 15 is 0 Å². The van der Waals surface area contributed by atoms with Crippen LogP contribution in [0.3, 0.4) is 0 Å². The van der Waals surface area contributed by atoms with Gasteiger partial charge in [0.2, 0.25) is 0 Å². The van der Waals surface area contributed by atoms with Crippen LogP contribution >= 0.6 is 31.9 Å². The summed E-state index contributed by atoms with van der Waals surface area (Å²) in [6.07, 6.45) is 0. The molecule has 1 heterocycles. The average molecular weight is 339 g/mol. The van der Waals surface area contributed by atoms with E-state index in [2.05, 4.69) is 36.8 Å². The minimum absolute atomic E-state index is 0.00780. The van der Waals surface area contributed by atoms with Gasteiger partial charge in [-0.15, -0.1) is 0 Å². The van der Waals surface area contributed by atoms with Gasteiger partial charge in [0.25, 0.3) is 5.56 Å². The highest BCUT2D eigenvalue weighted by molar-refractivity contribution is 9.10. The Morgan fingerprint density at radius 2 is 2.27 bits per heavy atom. The summed E-state index contributed by atoms with van der Waals surface area (Å²) in [5, 5.41) is 0.506. The summed E-state index contributed by atoms with van der Waals surface area (Å²) in [4.78, 5) is 25.4. The Kier molecular flexibility index (Phi) is 4.53. The molecule has 1 rings (SSSR count). The van der Waals surface area contributed by atoms with E-state index in [0.29, 0.717) is 15.5 Å². The zero-order valence-electron chi connectivity index (χ0n) is 7.97. The first-order valence-corrected chi connectivity index (χ1v) is 6.16. The van der Waals surface area contributed by atoms with Gasteiger partial charge in [-0.3, -0.25) is 4.79 Å². The molecule has 0 atom stereocenters. The van der Waals surface area contributed by atoms with Crippen molar-refractivity contribution >= 4 is 37.8 Å². The second-order valence-electron chi connectivity index (χ2n) is 2.69. The molecule has 0 aliphatic carbocycles. The highest BCUT2D eigenvalue weighted by Crippen LogP contribution is 2.16. The van der Waals surface area contributed by atoms with Crippen molar-refractivity contribution in [3.63, 3.8) is 0 Å². The van der Waals surface area contributed by atoms with Gasteiger partial charge in [0.1, 0.15) is 5.56 Å². The minimum atomic E-state index is -0.611. The first-order chi connectivity index (χ1) is 7.10. The number of hydrogen-bond donors (Lipinski definition) is 1. The number of alkyl halides is 1. The molecule has 0 amide bonds. The van der Waals surface area contributed by atoms with Crippen LogP contribution in [0.2, 0.25) is 0 Å². The maximum Gasteiger partial charge on any atom is 0.343 e. The van der Waals surface area contributed by atoms with Crippen LogP contribution in [-0.4, -0.2) is 17.6 Å². The molecule has 0 aromatic carbocycles. The predicted molar refractivity (Wildman–Crippen MR) is 63.4 cm³/mol. The molecule has 15 heavy (non-hydrogen) atoms. The number of ether oxygens (including phenoxy) is 1. The molecule has 6 heteroatoms. The van der Waals surface area contributed by atoms with Crippen LogP contribution in [0, 0.1) is 0 Å². The standard InChI is InChI=1S/C9H9Br2NO3/c1-2-15-9(14)5-3-6(11)7(4-10)12-8(5)13/h3H,2,4H2,1H3,(H,12,13). The molecule has 0 aliphatic heterocycles. The van der Waals surface area contributed by atoms with Gasteiger partial charge >= 0.3 is 5.97 Å². The Hall–Kier alpha value is -0.620. The molecule has 0 saturated heterocycles. The molecule has 0 bridgehead atoms. The zero-order valence-corrected chi connectivity index (χ0v) is 11.1. The highest BCUT2D eigenvalue weighted by Gasteiger charge is 2.13. The number of halogens is 2. The maximum atomic E-state index is 11.5. The number of carbonyl (C=O) groups excluding carboxylic acids is 1. The molecule has 0 saturated carbocycles. The Labute approximate surface area is 103 Å². The minimum Gasteiger partial charge on any atom is -0.462 e. The SMILES string of the molecule is CCOC(=O)c1cc(Br)c(CBr)[nH]c1=O. The lowest BCUT2D eigenvalue weighted by Gasteiger charge is -2.04. The van der Waals surface area contributed by atoms with Crippen LogP contribution < -0.4 is 5.56 Å². The van der Waals surface area contributed by atoms with Crippen molar-refractivity contribution in [3.05, 3.63) is 32.2 Å². The fraction of sp³-hybridized carbons (Fsp3) is 0.333. The Balaban J connectivity index is 3.16. The van der Waals surface area contributed by atoms with Crippen molar-refractivity contribution in [2.24, 2.45) is 0 Å². The van der Waals surface area contributed by atoms with Crippen molar-refractivity contribution in [1.82, 2.24) is 4.98 Å². The quantitative estimate of drug-likeness (QED) is 0.679. The molecular weight excluding hydrogens is 330 g/mol. The zero-order chi connectivity index (χ0) is 11.4. The highest BCUT2D eigenvalue weighted by atomic mass is 79.9. The Morgan fingerprint density at radius 3 is 2.80 bits per heavy atom. The molecule has 0 unspecified atom stereocenters. The van der Waals surface area contributed by atoms with Gasteiger partial charge < -0.3 is 9.72 Å². The summed E-state index contributed by atoms with van der Waals surface area (Å²) in [6, 6.07) is 1.47. The third-order valence-corrected chi connectivity index (χ3v) is 2.97. The van der Waals surface area contributed by atoms with E-state index in [9.17, 15) is 9.59 Å². The van der Waals surface area contributed by atoms with Crippen LogP contribution in [0.5, 0.6) is 0 Å². The van der Waals surface area contributed by atoms with Crippen LogP contribution in [0.4, 0.5) is 0 Å². The topological polar surface area (TPSA) is 59.2 Å². The Bertz CT molecular complexity index is 428. The van der Waals surface area contributed by atoms with Gasteiger partial charge in [-0.1, -0.05) is 15.9 Å². The van der Waals surface area contributed by atoms with E-state index < -0.39 is 11.5 Å². The van der Waals surface area contributed by atoms with E-state index in [0.717, 1.165) is 0 Å². The van der Waals surface area contributed by atoms with E-state index in [1.54, 1.807) is 6.92 Å². The van der Waals surface area contributed by atoms with Gasteiger partial charge in [-0.2, -0.15) is 0 Å². The fourth-order valence-electron chi connectivity index (χ4n) is 1.00. The summed E-state index contributed by atoms with van der Waals surface area (Å²) in [7, 11) is 0. The number of rotatable bonds is 3. The van der Waals surface area contributed by atoms with Crippen LogP contribution in [0.15, 0.2) is 15.3 Å². The van der Waals surface area contributed by atoms with Gasteiger partial charge in [-0.25, -0.2) is 4.79 Å². The number of pyridine rings is 1. The second-order valence-corrected chi connectivity index (χ2v) is 4.11. The summed E-state index contributed by atoms with van der Waals surface area (Å²) < 4.78 is 5.41. The smallest absolute Gasteiger partial charge is 0.343 e. The molecule has 82 valence electrons. The molecule has 0 fully saturated rings. The van der Waals surface area contributed by atoms with Crippen molar-refractivity contribution in [2.75, 3.05) is 6.61 Å². The second kappa shape index (κ2) is 5.46. The van der Waals surface area contributed by atoms with E-state index in [1.165, 1.54) is 6.07 Å². The number of aromatic amines is 1. The van der Waals surface area contributed by atoms with Gasteiger partial charge in [0.15, 0.2) is 0 Å². The molecular formula is C9H9Br2NO3. The summed E-state index contributed by atoms with van der Waals surface area (Å²) in [6.45, 7) is 1.93. The number of esters is 1. The van der Waals surface area contributed by atoms with Crippen LogP contribution in [0.1, 0.15) is 23.0 Å². The number of carbonyl (C=O) groups is 1. The van der Waals surface area contributed by atoms with Gasteiger partial charge in [0, 0.05) is 15.5 Å². The predicted octanol–water partition coefficient (Wildman–Crippen LogP) is 2.21. The van der Waals surface area contributed by atoms with Crippen molar-refractivity contribution in [2.45, 2.75) is 12.3 Å². The Morgan fingerprint density at radius 1 is 1.60 bits per heavy atom. The molecule has 1 N–H and O–H groups in total. The first-order valence-electron chi connectivity index (χ1n) is 4.25. The molecule has 1 aromatic heterocycles. The molecule has 0 aliphatic rings. The summed E-state index contributed by atoms with van der Waals surface area (Å²) >= 11 is 6.47. The number of H-pyrrole nitrogens is 1. The summed E-state index contributed by atoms with van der Waals surface area (Å²) in [5.41, 5.74) is 0.257. The first kappa shape index (κ1) is 12.4. The molecule has 0 spiro atoms. The third kappa shape index (κ3) is 2.92. The van der Waals surface area contributed by atoms with E-state index in [4.69, 9.17) is 4.74 Å².